The largest absolute Gasteiger partial charge is 0.463 e. The third-order valence-electron chi connectivity index (χ3n) is 1.38. The monoisotopic (exact) mass is 220 g/mol. The van der Waals surface area contributed by atoms with Gasteiger partial charge in [0.25, 0.3) is 0 Å². The molecule has 0 saturated carbocycles. The van der Waals surface area contributed by atoms with Gasteiger partial charge in [-0.15, -0.1) is 0 Å². The third-order valence-corrected chi connectivity index (χ3v) is 2.84. The van der Waals surface area contributed by atoms with Gasteiger partial charge in [-0.25, -0.2) is 4.79 Å². The number of carbonyl (C=O) groups excluding carboxylic acids is 1. The predicted molar refractivity (Wildman–Crippen MR) is 55.9 cm³/mol. The summed E-state index contributed by atoms with van der Waals surface area (Å²) in [5.41, 5.74) is 0.723. The molecular weight excluding hydrogens is 203 g/mol. The van der Waals surface area contributed by atoms with Crippen LogP contribution in [0.15, 0.2) is 11.6 Å². The second kappa shape index (κ2) is 7.77. The van der Waals surface area contributed by atoms with Gasteiger partial charge in [-0.1, -0.05) is 5.57 Å². The van der Waals surface area contributed by atoms with Gasteiger partial charge in [0, 0.05) is 12.2 Å². The van der Waals surface area contributed by atoms with E-state index in [1.165, 1.54) is 6.08 Å². The van der Waals surface area contributed by atoms with Crippen LogP contribution in [0.5, 0.6) is 0 Å². The summed E-state index contributed by atoms with van der Waals surface area (Å²) < 4.78 is 20.8. The molecule has 0 aliphatic rings. The SMILES string of the molecule is CCOC(=O)/C=C(\C)C[PH](=O)OCC. The zero-order chi connectivity index (χ0) is 11.0. The first-order valence-corrected chi connectivity index (χ1v) is 6.12. The van der Waals surface area contributed by atoms with Crippen molar-refractivity contribution >= 4 is 14.0 Å². The lowest BCUT2D eigenvalue weighted by Gasteiger charge is -2.02. The predicted octanol–water partition coefficient (Wildman–Crippen LogP) is 2.01. The Kier molecular flexibility index (Phi) is 7.44. The van der Waals surface area contributed by atoms with Crippen LogP contribution in [0.2, 0.25) is 0 Å². The average Bonchev–Trinajstić information content (AvgIpc) is 2.03. The van der Waals surface area contributed by atoms with Crippen LogP contribution in [0.25, 0.3) is 0 Å². The average molecular weight is 220 g/mol. The van der Waals surface area contributed by atoms with Gasteiger partial charge < -0.3 is 9.26 Å². The molecule has 0 bridgehead atoms. The summed E-state index contributed by atoms with van der Waals surface area (Å²) in [6.07, 6.45) is 1.67. The zero-order valence-corrected chi connectivity index (χ0v) is 9.83. The normalized spacial score (nSPS) is 13.8. The summed E-state index contributed by atoms with van der Waals surface area (Å²) in [6.45, 7) is 6.04. The van der Waals surface area contributed by atoms with E-state index < -0.39 is 14.0 Å². The van der Waals surface area contributed by atoms with Crippen molar-refractivity contribution in [3.8, 4) is 0 Å². The fraction of sp³-hybridized carbons (Fsp3) is 0.667. The lowest BCUT2D eigenvalue weighted by atomic mass is 10.3. The zero-order valence-electron chi connectivity index (χ0n) is 8.83. The Hall–Kier alpha value is -0.600. The van der Waals surface area contributed by atoms with Crippen LogP contribution >= 0.6 is 8.03 Å². The standard InChI is InChI=1S/C9H17O4P/c1-4-12-9(10)6-8(3)7-14(11)13-5-2/h6,14H,4-5,7H2,1-3H3/b8-6+. The van der Waals surface area contributed by atoms with Gasteiger partial charge in [-0.05, 0) is 20.8 Å². The molecule has 0 aliphatic heterocycles. The minimum Gasteiger partial charge on any atom is -0.463 e. The highest BCUT2D eigenvalue weighted by Gasteiger charge is 2.02. The molecule has 14 heavy (non-hydrogen) atoms. The summed E-state index contributed by atoms with van der Waals surface area (Å²) >= 11 is 0. The third kappa shape index (κ3) is 6.87. The summed E-state index contributed by atoms with van der Waals surface area (Å²) in [6, 6.07) is 0. The smallest absolute Gasteiger partial charge is 0.330 e. The molecule has 0 saturated heterocycles. The van der Waals surface area contributed by atoms with Gasteiger partial charge in [-0.2, -0.15) is 0 Å². The molecule has 0 heterocycles. The molecule has 4 nitrogen and oxygen atoms in total. The van der Waals surface area contributed by atoms with E-state index in [-0.39, 0.29) is 0 Å². The Morgan fingerprint density at radius 2 is 2.00 bits per heavy atom. The number of ether oxygens (including phenoxy) is 1. The molecule has 0 aromatic carbocycles. The number of hydrogen-bond acceptors (Lipinski definition) is 4. The van der Waals surface area contributed by atoms with Gasteiger partial charge in [0.05, 0.1) is 13.2 Å². The van der Waals surface area contributed by atoms with Gasteiger partial charge in [0.1, 0.15) is 0 Å². The van der Waals surface area contributed by atoms with Crippen LogP contribution in [0.4, 0.5) is 0 Å². The molecule has 1 unspecified atom stereocenters. The molecule has 0 radical (unpaired) electrons. The van der Waals surface area contributed by atoms with Crippen LogP contribution in [0.1, 0.15) is 20.8 Å². The van der Waals surface area contributed by atoms with E-state index in [0.717, 1.165) is 5.57 Å². The quantitative estimate of drug-likeness (QED) is 0.390. The summed E-state index contributed by atoms with van der Waals surface area (Å²) in [5.74, 6) is -0.392. The van der Waals surface area contributed by atoms with E-state index >= 15 is 0 Å². The van der Waals surface area contributed by atoms with Crippen LogP contribution < -0.4 is 0 Å². The Bertz CT molecular complexity index is 235. The topological polar surface area (TPSA) is 52.6 Å². The van der Waals surface area contributed by atoms with Crippen molar-refractivity contribution in [2.75, 3.05) is 19.4 Å². The van der Waals surface area contributed by atoms with Crippen LogP contribution in [0, 0.1) is 0 Å². The van der Waals surface area contributed by atoms with Crippen molar-refractivity contribution < 1.29 is 18.6 Å². The molecule has 1 atom stereocenters. The van der Waals surface area contributed by atoms with Crippen molar-refractivity contribution in [1.82, 2.24) is 0 Å². The molecule has 0 rings (SSSR count). The van der Waals surface area contributed by atoms with E-state index in [1.54, 1.807) is 20.8 Å². The molecule has 0 fully saturated rings. The molecule has 0 aliphatic carbocycles. The second-order valence-corrected chi connectivity index (χ2v) is 4.11. The Balaban J connectivity index is 3.99. The van der Waals surface area contributed by atoms with Gasteiger partial charge in [-0.3, -0.25) is 4.57 Å². The Labute approximate surface area is 85.1 Å². The van der Waals surface area contributed by atoms with Crippen molar-refractivity contribution in [3.05, 3.63) is 11.6 Å². The molecule has 0 aromatic rings. The Morgan fingerprint density at radius 1 is 1.36 bits per heavy atom. The van der Waals surface area contributed by atoms with Crippen molar-refractivity contribution in [2.45, 2.75) is 20.8 Å². The highest BCUT2D eigenvalue weighted by molar-refractivity contribution is 7.39. The number of allylic oxidation sites excluding steroid dienone is 1. The maximum Gasteiger partial charge on any atom is 0.330 e. The van der Waals surface area contributed by atoms with Crippen LogP contribution in [0.3, 0.4) is 0 Å². The first-order chi connectivity index (χ1) is 6.60. The number of hydrogen-bond donors (Lipinski definition) is 0. The number of carbonyl (C=O) groups is 1. The van der Waals surface area contributed by atoms with Gasteiger partial charge in [0.2, 0.25) is 0 Å². The van der Waals surface area contributed by atoms with E-state index in [4.69, 9.17) is 9.26 Å². The van der Waals surface area contributed by atoms with Crippen molar-refractivity contribution in [1.29, 1.82) is 0 Å². The van der Waals surface area contributed by atoms with Gasteiger partial charge in [0.15, 0.2) is 8.03 Å². The molecular formula is C9H17O4P. The summed E-state index contributed by atoms with van der Waals surface area (Å²) in [4.78, 5) is 11.0. The fourth-order valence-electron chi connectivity index (χ4n) is 0.876. The first kappa shape index (κ1) is 13.4. The second-order valence-electron chi connectivity index (χ2n) is 2.72. The summed E-state index contributed by atoms with van der Waals surface area (Å²) in [7, 11) is -2.03. The lowest BCUT2D eigenvalue weighted by molar-refractivity contribution is -0.137. The molecule has 5 heteroatoms. The van der Waals surface area contributed by atoms with Gasteiger partial charge >= 0.3 is 5.97 Å². The van der Waals surface area contributed by atoms with E-state index in [1.807, 2.05) is 0 Å². The van der Waals surface area contributed by atoms with Crippen LogP contribution in [-0.4, -0.2) is 25.3 Å². The minimum atomic E-state index is -2.03. The maximum absolute atomic E-state index is 11.2. The first-order valence-electron chi connectivity index (χ1n) is 4.59. The van der Waals surface area contributed by atoms with Crippen LogP contribution in [-0.2, 0) is 18.6 Å². The highest BCUT2D eigenvalue weighted by Crippen LogP contribution is 2.24. The molecule has 82 valence electrons. The van der Waals surface area contributed by atoms with E-state index in [2.05, 4.69) is 0 Å². The minimum absolute atomic E-state index is 0.317. The Morgan fingerprint density at radius 3 is 2.50 bits per heavy atom. The van der Waals surface area contributed by atoms with E-state index in [0.29, 0.717) is 19.4 Å². The molecule has 0 aromatic heterocycles. The van der Waals surface area contributed by atoms with Crippen molar-refractivity contribution in [3.63, 3.8) is 0 Å². The van der Waals surface area contributed by atoms with Crippen molar-refractivity contribution in [2.24, 2.45) is 0 Å². The lowest BCUT2D eigenvalue weighted by Crippen LogP contribution is -2.01. The number of esters is 1. The fourth-order valence-corrected chi connectivity index (χ4v) is 1.86. The number of rotatable bonds is 6. The van der Waals surface area contributed by atoms with E-state index in [9.17, 15) is 9.36 Å². The molecule has 0 spiro atoms. The molecule has 0 N–H and O–H groups in total. The molecule has 0 amide bonds. The maximum atomic E-state index is 11.2. The highest BCUT2D eigenvalue weighted by atomic mass is 31.1. The summed E-state index contributed by atoms with van der Waals surface area (Å²) in [5, 5.41) is 0.